The van der Waals surface area contributed by atoms with Crippen LogP contribution in [0.5, 0.6) is 17.2 Å². The number of fused-ring (bicyclic) bond motifs is 2. The Balaban J connectivity index is 1.30. The molecule has 0 bridgehead atoms. The normalized spacial score (nSPS) is 19.6. The summed E-state index contributed by atoms with van der Waals surface area (Å²) in [7, 11) is 1.65. The first-order valence-electron chi connectivity index (χ1n) is 9.78. The number of para-hydroxylation sites is 2. The number of nitrogens with one attached hydrogen (secondary N) is 2. The molecule has 0 aromatic heterocycles. The van der Waals surface area contributed by atoms with Crippen LogP contribution in [0, 0.1) is 0 Å². The molecule has 4 rings (SSSR count). The summed E-state index contributed by atoms with van der Waals surface area (Å²) in [6, 6.07) is 13.2. The molecule has 0 saturated carbocycles. The quantitative estimate of drug-likeness (QED) is 0.776. The standard InChI is InChI=1S/C22H24N2O5/c1-27-16-9-10-17-14(11-16)5-4-6-15(17)12-21(25)23-24-22(26)20-13-28-18-7-2-3-8-19(18)29-20/h2-3,7-11,15,20H,4-6,12-13H2,1H3,(H,23,25)(H,24,26). The van der Waals surface area contributed by atoms with E-state index in [1.54, 1.807) is 19.2 Å². The van der Waals surface area contributed by atoms with E-state index >= 15 is 0 Å². The smallest absolute Gasteiger partial charge is 0.283 e. The number of aryl methyl sites for hydroxylation is 1. The van der Waals surface area contributed by atoms with E-state index in [0.717, 1.165) is 25.0 Å². The van der Waals surface area contributed by atoms with Crippen molar-refractivity contribution in [2.45, 2.75) is 37.7 Å². The lowest BCUT2D eigenvalue weighted by Crippen LogP contribution is -2.51. The minimum absolute atomic E-state index is 0.0938. The lowest BCUT2D eigenvalue weighted by molar-refractivity contribution is -0.135. The maximum atomic E-state index is 12.4. The van der Waals surface area contributed by atoms with Crippen LogP contribution < -0.4 is 25.1 Å². The third-order valence-corrected chi connectivity index (χ3v) is 5.35. The predicted octanol–water partition coefficient (Wildman–Crippen LogP) is 2.49. The molecule has 2 unspecified atom stereocenters. The van der Waals surface area contributed by atoms with Crippen LogP contribution in [0.15, 0.2) is 42.5 Å². The van der Waals surface area contributed by atoms with Crippen LogP contribution in [-0.2, 0) is 16.0 Å². The molecule has 2 amide bonds. The maximum absolute atomic E-state index is 12.4. The molecule has 0 saturated heterocycles. The van der Waals surface area contributed by atoms with E-state index < -0.39 is 12.0 Å². The van der Waals surface area contributed by atoms with Crippen LogP contribution in [0.1, 0.15) is 36.3 Å². The SMILES string of the molecule is COc1ccc2c(c1)CCCC2CC(=O)NNC(=O)C1COc2ccccc2O1. The average Bonchev–Trinajstić information content (AvgIpc) is 2.77. The molecule has 1 aliphatic carbocycles. The molecule has 2 aliphatic rings. The number of carbonyl (C=O) groups excluding carboxylic acids is 2. The van der Waals surface area contributed by atoms with Gasteiger partial charge in [0.1, 0.15) is 12.4 Å². The van der Waals surface area contributed by atoms with Gasteiger partial charge in [0.15, 0.2) is 11.5 Å². The molecular weight excluding hydrogens is 372 g/mol. The van der Waals surface area contributed by atoms with Crippen molar-refractivity contribution >= 4 is 11.8 Å². The van der Waals surface area contributed by atoms with Gasteiger partial charge in [0.05, 0.1) is 7.11 Å². The van der Waals surface area contributed by atoms with Gasteiger partial charge in [-0.25, -0.2) is 0 Å². The third-order valence-electron chi connectivity index (χ3n) is 5.35. The number of ether oxygens (including phenoxy) is 3. The number of benzene rings is 2. The molecule has 1 aliphatic heterocycles. The fourth-order valence-electron chi connectivity index (χ4n) is 3.87. The van der Waals surface area contributed by atoms with E-state index in [2.05, 4.69) is 10.9 Å². The Hall–Kier alpha value is -3.22. The Labute approximate surface area is 169 Å². The molecule has 1 heterocycles. The van der Waals surface area contributed by atoms with Crippen molar-refractivity contribution in [2.75, 3.05) is 13.7 Å². The minimum atomic E-state index is -0.812. The average molecular weight is 396 g/mol. The zero-order valence-corrected chi connectivity index (χ0v) is 16.3. The lowest BCUT2D eigenvalue weighted by Gasteiger charge is -2.27. The fraction of sp³-hybridized carbons (Fsp3) is 0.364. The molecule has 2 N–H and O–H groups in total. The second-order valence-electron chi connectivity index (χ2n) is 7.26. The fourth-order valence-corrected chi connectivity index (χ4v) is 3.87. The van der Waals surface area contributed by atoms with Crippen LogP contribution in [-0.4, -0.2) is 31.6 Å². The summed E-state index contributed by atoms with van der Waals surface area (Å²) in [4.78, 5) is 24.7. The van der Waals surface area contributed by atoms with Gasteiger partial charge in [-0.05, 0) is 60.6 Å². The van der Waals surface area contributed by atoms with Gasteiger partial charge < -0.3 is 14.2 Å². The Bertz CT molecular complexity index is 914. The van der Waals surface area contributed by atoms with Crippen LogP contribution in [0.4, 0.5) is 0 Å². The number of rotatable bonds is 4. The molecule has 7 nitrogen and oxygen atoms in total. The Morgan fingerprint density at radius 2 is 1.97 bits per heavy atom. The Kier molecular flexibility index (Phi) is 5.55. The molecule has 7 heteroatoms. The highest BCUT2D eigenvalue weighted by atomic mass is 16.6. The molecule has 2 aromatic carbocycles. The highest BCUT2D eigenvalue weighted by Gasteiger charge is 2.28. The van der Waals surface area contributed by atoms with Crippen LogP contribution in [0.25, 0.3) is 0 Å². The van der Waals surface area contributed by atoms with Gasteiger partial charge in [0.25, 0.3) is 5.91 Å². The summed E-state index contributed by atoms with van der Waals surface area (Å²) in [5.74, 6) is 1.40. The molecule has 0 radical (unpaired) electrons. The van der Waals surface area contributed by atoms with Crippen LogP contribution in [0.2, 0.25) is 0 Å². The number of hydrogen-bond acceptors (Lipinski definition) is 5. The van der Waals surface area contributed by atoms with Gasteiger partial charge in [-0.2, -0.15) is 0 Å². The van der Waals surface area contributed by atoms with Gasteiger partial charge in [0.2, 0.25) is 12.0 Å². The maximum Gasteiger partial charge on any atom is 0.283 e. The Morgan fingerprint density at radius 1 is 1.14 bits per heavy atom. The molecule has 0 spiro atoms. The number of amides is 2. The number of methoxy groups -OCH3 is 1. The van der Waals surface area contributed by atoms with Gasteiger partial charge >= 0.3 is 0 Å². The van der Waals surface area contributed by atoms with E-state index in [4.69, 9.17) is 14.2 Å². The minimum Gasteiger partial charge on any atom is -0.497 e. The van der Waals surface area contributed by atoms with Crippen molar-refractivity contribution in [2.24, 2.45) is 0 Å². The van der Waals surface area contributed by atoms with Gasteiger partial charge in [-0.15, -0.1) is 0 Å². The van der Waals surface area contributed by atoms with E-state index in [1.165, 1.54) is 11.1 Å². The summed E-state index contributed by atoms with van der Waals surface area (Å²) in [5, 5.41) is 0. The molecule has 0 fully saturated rings. The van der Waals surface area contributed by atoms with Crippen LogP contribution >= 0.6 is 0 Å². The first kappa shape index (κ1) is 19.1. The molecular formula is C22H24N2O5. The molecule has 152 valence electrons. The summed E-state index contributed by atoms with van der Waals surface area (Å²) in [6.45, 7) is 0.0938. The number of hydrazine groups is 1. The highest BCUT2D eigenvalue weighted by Crippen LogP contribution is 2.35. The van der Waals surface area contributed by atoms with E-state index in [0.29, 0.717) is 17.9 Å². The van der Waals surface area contributed by atoms with Gasteiger partial charge in [-0.3, -0.25) is 20.4 Å². The molecule has 2 aromatic rings. The largest absolute Gasteiger partial charge is 0.497 e. The first-order valence-corrected chi connectivity index (χ1v) is 9.78. The summed E-state index contributed by atoms with van der Waals surface area (Å²) in [5.41, 5.74) is 7.36. The summed E-state index contributed by atoms with van der Waals surface area (Å²) in [6.07, 6.45) is 2.45. The van der Waals surface area contributed by atoms with Gasteiger partial charge in [-0.1, -0.05) is 18.2 Å². The van der Waals surface area contributed by atoms with Crippen molar-refractivity contribution < 1.29 is 23.8 Å². The van der Waals surface area contributed by atoms with Crippen molar-refractivity contribution in [3.05, 3.63) is 53.6 Å². The van der Waals surface area contributed by atoms with Crippen molar-refractivity contribution in [3.63, 3.8) is 0 Å². The lowest BCUT2D eigenvalue weighted by atomic mass is 9.81. The monoisotopic (exact) mass is 396 g/mol. The van der Waals surface area contributed by atoms with E-state index in [1.807, 2.05) is 30.3 Å². The third kappa shape index (κ3) is 4.29. The summed E-state index contributed by atoms with van der Waals surface area (Å²) >= 11 is 0. The number of hydrogen-bond donors (Lipinski definition) is 2. The Morgan fingerprint density at radius 3 is 2.79 bits per heavy atom. The van der Waals surface area contributed by atoms with Crippen molar-refractivity contribution in [1.82, 2.24) is 10.9 Å². The summed E-state index contributed by atoms with van der Waals surface area (Å²) < 4.78 is 16.5. The second kappa shape index (κ2) is 8.43. The first-order chi connectivity index (χ1) is 14.1. The predicted molar refractivity (Wildman–Crippen MR) is 106 cm³/mol. The van der Waals surface area contributed by atoms with E-state index in [-0.39, 0.29) is 18.4 Å². The topological polar surface area (TPSA) is 85.9 Å². The molecule has 29 heavy (non-hydrogen) atoms. The number of carbonyl (C=O) groups is 2. The zero-order chi connectivity index (χ0) is 20.2. The zero-order valence-electron chi connectivity index (χ0n) is 16.3. The van der Waals surface area contributed by atoms with Crippen LogP contribution in [0.3, 0.4) is 0 Å². The van der Waals surface area contributed by atoms with Gasteiger partial charge in [0, 0.05) is 6.42 Å². The van der Waals surface area contributed by atoms with Crippen molar-refractivity contribution in [1.29, 1.82) is 0 Å². The second-order valence-corrected chi connectivity index (χ2v) is 7.26. The highest BCUT2D eigenvalue weighted by molar-refractivity contribution is 5.85. The van der Waals surface area contributed by atoms with Crippen molar-refractivity contribution in [3.8, 4) is 17.2 Å². The molecule has 2 atom stereocenters. The van der Waals surface area contributed by atoms with E-state index in [9.17, 15) is 9.59 Å².